The number of benzene rings is 2. The van der Waals surface area contributed by atoms with Gasteiger partial charge < -0.3 is 19.4 Å². The van der Waals surface area contributed by atoms with E-state index in [9.17, 15) is 15.0 Å². The lowest BCUT2D eigenvalue weighted by molar-refractivity contribution is 0.0937. The lowest BCUT2D eigenvalue weighted by atomic mass is 9.97. The third-order valence-electron chi connectivity index (χ3n) is 4.35. The number of hydrogen-bond donors (Lipinski definition) is 2. The van der Waals surface area contributed by atoms with Gasteiger partial charge in [-0.25, -0.2) is 0 Å². The van der Waals surface area contributed by atoms with Gasteiger partial charge in [0.15, 0.2) is 11.0 Å². The smallest absolute Gasteiger partial charge is 0.200 e. The number of phenols is 1. The summed E-state index contributed by atoms with van der Waals surface area (Å²) in [4.78, 5) is 12.7. The van der Waals surface area contributed by atoms with E-state index in [4.69, 9.17) is 9.15 Å². The number of aliphatic hydroxyl groups is 1. The van der Waals surface area contributed by atoms with Crippen LogP contribution in [0.2, 0.25) is 0 Å². The first-order valence-electron chi connectivity index (χ1n) is 7.84. The van der Waals surface area contributed by atoms with Gasteiger partial charge in [0, 0.05) is 11.6 Å². The SMILES string of the molecule is CC1(C)Oc2ccc(-c3coc4cc(O)ccc4c3=O)cc2C=C1O. The van der Waals surface area contributed by atoms with Crippen LogP contribution in [0.1, 0.15) is 19.4 Å². The minimum Gasteiger partial charge on any atom is -0.508 e. The van der Waals surface area contributed by atoms with Crippen molar-refractivity contribution in [2.75, 3.05) is 0 Å². The standard InChI is InChI=1S/C20H16O5/c1-20(2)18(22)8-12-7-11(3-6-16(12)25-20)15-10-24-17-9-13(21)4-5-14(17)19(15)23/h3-10,21-22H,1-2H3. The van der Waals surface area contributed by atoms with E-state index in [0.29, 0.717) is 33.4 Å². The van der Waals surface area contributed by atoms with E-state index >= 15 is 0 Å². The van der Waals surface area contributed by atoms with Gasteiger partial charge in [0.1, 0.15) is 29.1 Å². The highest BCUT2D eigenvalue weighted by Crippen LogP contribution is 2.36. The molecule has 1 aliphatic heterocycles. The van der Waals surface area contributed by atoms with Crippen molar-refractivity contribution in [3.63, 3.8) is 0 Å². The summed E-state index contributed by atoms with van der Waals surface area (Å²) in [5, 5.41) is 20.0. The molecule has 1 aromatic heterocycles. The summed E-state index contributed by atoms with van der Waals surface area (Å²) in [6.45, 7) is 3.56. The minimum atomic E-state index is -0.779. The lowest BCUT2D eigenvalue weighted by Gasteiger charge is -2.30. The Hall–Kier alpha value is -3.21. The van der Waals surface area contributed by atoms with Gasteiger partial charge in [-0.05, 0) is 49.8 Å². The Morgan fingerprint density at radius 1 is 1.04 bits per heavy atom. The van der Waals surface area contributed by atoms with Crippen molar-refractivity contribution in [3.8, 4) is 22.6 Å². The van der Waals surface area contributed by atoms with Gasteiger partial charge in [0.25, 0.3) is 0 Å². The maximum absolute atomic E-state index is 12.7. The summed E-state index contributed by atoms with van der Waals surface area (Å²) < 4.78 is 11.3. The molecule has 2 N–H and O–H groups in total. The second-order valence-corrected chi connectivity index (χ2v) is 6.55. The number of hydrogen-bond acceptors (Lipinski definition) is 5. The lowest BCUT2D eigenvalue weighted by Crippen LogP contribution is -2.33. The Kier molecular flexibility index (Phi) is 3.15. The number of aromatic hydroxyl groups is 1. The Morgan fingerprint density at radius 3 is 2.64 bits per heavy atom. The zero-order valence-electron chi connectivity index (χ0n) is 13.7. The Bertz CT molecular complexity index is 1090. The van der Waals surface area contributed by atoms with Crippen LogP contribution >= 0.6 is 0 Å². The van der Waals surface area contributed by atoms with Crippen LogP contribution in [0.25, 0.3) is 28.2 Å². The highest BCUT2D eigenvalue weighted by Gasteiger charge is 2.30. The molecule has 126 valence electrons. The summed E-state index contributed by atoms with van der Waals surface area (Å²) in [5.41, 5.74) is 1.12. The molecule has 25 heavy (non-hydrogen) atoms. The van der Waals surface area contributed by atoms with E-state index in [1.54, 1.807) is 38.1 Å². The van der Waals surface area contributed by atoms with Crippen molar-refractivity contribution in [3.05, 3.63) is 64.2 Å². The van der Waals surface area contributed by atoms with Crippen LogP contribution < -0.4 is 10.2 Å². The maximum atomic E-state index is 12.7. The average Bonchev–Trinajstić information content (AvgIpc) is 2.55. The van der Waals surface area contributed by atoms with E-state index in [-0.39, 0.29) is 16.9 Å². The molecule has 0 saturated carbocycles. The zero-order chi connectivity index (χ0) is 17.8. The molecule has 0 saturated heterocycles. The second kappa shape index (κ2) is 5.14. The minimum absolute atomic E-state index is 0.0394. The first-order valence-corrected chi connectivity index (χ1v) is 7.84. The van der Waals surface area contributed by atoms with Crippen LogP contribution in [-0.4, -0.2) is 15.8 Å². The highest BCUT2D eigenvalue weighted by atomic mass is 16.5. The Labute approximate surface area is 143 Å². The summed E-state index contributed by atoms with van der Waals surface area (Å²) in [6.07, 6.45) is 3.02. The van der Waals surface area contributed by atoms with Gasteiger partial charge >= 0.3 is 0 Å². The number of ether oxygens (including phenoxy) is 1. The van der Waals surface area contributed by atoms with Gasteiger partial charge in [0.05, 0.1) is 10.9 Å². The van der Waals surface area contributed by atoms with Crippen LogP contribution in [-0.2, 0) is 0 Å². The predicted octanol–water partition coefficient (Wildman–Crippen LogP) is 4.24. The third-order valence-corrected chi connectivity index (χ3v) is 4.35. The van der Waals surface area contributed by atoms with Crippen molar-refractivity contribution in [2.45, 2.75) is 19.4 Å². The molecule has 4 rings (SSSR count). The molecule has 0 fully saturated rings. The normalized spacial score (nSPS) is 15.4. The summed E-state index contributed by atoms with van der Waals surface area (Å²) in [6, 6.07) is 9.73. The number of rotatable bonds is 1. The summed E-state index contributed by atoms with van der Waals surface area (Å²) >= 11 is 0. The van der Waals surface area contributed by atoms with Gasteiger partial charge in [-0.2, -0.15) is 0 Å². The Morgan fingerprint density at radius 2 is 1.84 bits per heavy atom. The number of fused-ring (bicyclic) bond motifs is 2. The Balaban J connectivity index is 1.87. The molecule has 5 heteroatoms. The van der Waals surface area contributed by atoms with Gasteiger partial charge in [-0.3, -0.25) is 4.79 Å². The number of aliphatic hydroxyl groups excluding tert-OH is 1. The molecule has 2 aromatic carbocycles. The van der Waals surface area contributed by atoms with Crippen LogP contribution in [0.15, 0.2) is 57.6 Å². The van der Waals surface area contributed by atoms with Crippen molar-refractivity contribution < 1.29 is 19.4 Å². The van der Waals surface area contributed by atoms with Crippen molar-refractivity contribution >= 4 is 17.0 Å². The predicted molar refractivity (Wildman–Crippen MR) is 94.9 cm³/mol. The van der Waals surface area contributed by atoms with Gasteiger partial charge in [-0.1, -0.05) is 6.07 Å². The quantitative estimate of drug-likeness (QED) is 0.695. The van der Waals surface area contributed by atoms with Gasteiger partial charge in [-0.15, -0.1) is 0 Å². The second-order valence-electron chi connectivity index (χ2n) is 6.55. The van der Waals surface area contributed by atoms with Crippen LogP contribution in [0.3, 0.4) is 0 Å². The highest BCUT2D eigenvalue weighted by molar-refractivity contribution is 5.83. The van der Waals surface area contributed by atoms with E-state index in [0.717, 1.165) is 0 Å². The molecule has 2 heterocycles. The monoisotopic (exact) mass is 336 g/mol. The molecule has 1 aliphatic rings. The van der Waals surface area contributed by atoms with E-state index in [1.165, 1.54) is 24.5 Å². The average molecular weight is 336 g/mol. The molecular weight excluding hydrogens is 320 g/mol. The molecule has 0 bridgehead atoms. The van der Waals surface area contributed by atoms with Gasteiger partial charge in [0.2, 0.25) is 0 Å². The largest absolute Gasteiger partial charge is 0.508 e. The third kappa shape index (κ3) is 2.45. The fourth-order valence-electron chi connectivity index (χ4n) is 2.89. The summed E-state index contributed by atoms with van der Waals surface area (Å²) in [5.74, 6) is 0.803. The zero-order valence-corrected chi connectivity index (χ0v) is 13.7. The van der Waals surface area contributed by atoms with E-state index < -0.39 is 5.60 Å². The maximum Gasteiger partial charge on any atom is 0.200 e. The molecule has 0 atom stereocenters. The van der Waals surface area contributed by atoms with Crippen molar-refractivity contribution in [1.82, 2.24) is 0 Å². The molecular formula is C20H16O5. The molecule has 0 amide bonds. The first-order chi connectivity index (χ1) is 11.8. The molecule has 0 unspecified atom stereocenters. The van der Waals surface area contributed by atoms with E-state index in [2.05, 4.69) is 0 Å². The topological polar surface area (TPSA) is 79.9 Å². The molecule has 0 spiro atoms. The fraction of sp³-hybridized carbons (Fsp3) is 0.150. The van der Waals surface area contributed by atoms with Crippen LogP contribution in [0, 0.1) is 0 Å². The molecule has 3 aromatic rings. The molecule has 0 aliphatic carbocycles. The van der Waals surface area contributed by atoms with Crippen LogP contribution in [0.5, 0.6) is 11.5 Å². The van der Waals surface area contributed by atoms with Crippen LogP contribution in [0.4, 0.5) is 0 Å². The van der Waals surface area contributed by atoms with Crippen molar-refractivity contribution in [1.29, 1.82) is 0 Å². The molecule has 5 nitrogen and oxygen atoms in total. The van der Waals surface area contributed by atoms with Crippen molar-refractivity contribution in [2.24, 2.45) is 0 Å². The first kappa shape index (κ1) is 15.3. The fourth-order valence-corrected chi connectivity index (χ4v) is 2.89. The number of phenolic OH excluding ortho intramolecular Hbond substituents is 1. The molecule has 0 radical (unpaired) electrons. The summed E-state index contributed by atoms with van der Waals surface area (Å²) in [7, 11) is 0. The van der Waals surface area contributed by atoms with E-state index in [1.807, 2.05) is 0 Å².